The van der Waals surface area contributed by atoms with E-state index in [1.165, 1.54) is 5.19 Å². The fourth-order valence-corrected chi connectivity index (χ4v) is 4.06. The standard InChI is InChI=1S/C16H22O2Si/c1-7-14-8-10-15(11-9-14)19(5,6)13(4)16(17)18-12(2)3/h1,8-13H,2-6H3. The summed E-state index contributed by atoms with van der Waals surface area (Å²) in [4.78, 5) is 12.1. The van der Waals surface area contributed by atoms with Crippen molar-refractivity contribution in [1.82, 2.24) is 0 Å². The predicted molar refractivity (Wildman–Crippen MR) is 82.1 cm³/mol. The Hall–Kier alpha value is -1.53. The SMILES string of the molecule is C#Cc1ccc([Si](C)(C)C(C)C(=O)OC(C)C)cc1. The quantitative estimate of drug-likeness (QED) is 0.479. The van der Waals surface area contributed by atoms with Gasteiger partial charge in [-0.2, -0.15) is 0 Å². The molecule has 0 aliphatic rings. The minimum atomic E-state index is -1.89. The maximum atomic E-state index is 12.1. The lowest BCUT2D eigenvalue weighted by Crippen LogP contribution is -2.48. The topological polar surface area (TPSA) is 26.3 Å². The van der Waals surface area contributed by atoms with Crippen molar-refractivity contribution >= 4 is 19.2 Å². The van der Waals surface area contributed by atoms with Gasteiger partial charge in [0, 0.05) is 5.56 Å². The van der Waals surface area contributed by atoms with Crippen LogP contribution < -0.4 is 5.19 Å². The number of terminal acetylenes is 1. The second-order valence-electron chi connectivity index (χ2n) is 5.65. The summed E-state index contributed by atoms with van der Waals surface area (Å²) in [5, 5.41) is 1.22. The van der Waals surface area contributed by atoms with E-state index in [1.807, 2.05) is 45.0 Å². The molecule has 0 aromatic heterocycles. The maximum absolute atomic E-state index is 12.1. The Bertz CT molecular complexity index is 480. The summed E-state index contributed by atoms with van der Waals surface area (Å²) in [6.45, 7) is 10.1. The van der Waals surface area contributed by atoms with Crippen LogP contribution in [0.15, 0.2) is 24.3 Å². The number of rotatable bonds is 4. The number of hydrogen-bond donors (Lipinski definition) is 0. The van der Waals surface area contributed by atoms with Gasteiger partial charge in [-0.1, -0.05) is 43.3 Å². The number of carbonyl (C=O) groups excluding carboxylic acids is 1. The van der Waals surface area contributed by atoms with Gasteiger partial charge in [0.15, 0.2) is 0 Å². The number of carbonyl (C=O) groups is 1. The van der Waals surface area contributed by atoms with Crippen LogP contribution in [-0.4, -0.2) is 20.1 Å². The maximum Gasteiger partial charge on any atom is 0.306 e. The van der Waals surface area contributed by atoms with Crippen LogP contribution in [-0.2, 0) is 9.53 Å². The molecule has 0 amide bonds. The minimum absolute atomic E-state index is 0.0661. The number of benzene rings is 1. The average molecular weight is 274 g/mol. The molecule has 1 aromatic carbocycles. The normalized spacial score (nSPS) is 12.9. The van der Waals surface area contributed by atoms with Crippen molar-refractivity contribution < 1.29 is 9.53 Å². The molecule has 0 spiro atoms. The average Bonchev–Trinajstić information content (AvgIpc) is 2.37. The highest BCUT2D eigenvalue weighted by molar-refractivity contribution is 6.93. The zero-order chi connectivity index (χ0) is 14.6. The Morgan fingerprint density at radius 2 is 1.74 bits per heavy atom. The lowest BCUT2D eigenvalue weighted by atomic mass is 10.2. The molecule has 2 nitrogen and oxygen atoms in total. The fourth-order valence-electron chi connectivity index (χ4n) is 1.88. The van der Waals surface area contributed by atoms with E-state index in [-0.39, 0.29) is 17.6 Å². The monoisotopic (exact) mass is 274 g/mol. The second kappa shape index (κ2) is 6.07. The molecule has 1 atom stereocenters. The van der Waals surface area contributed by atoms with Crippen molar-refractivity contribution in [3.8, 4) is 12.3 Å². The van der Waals surface area contributed by atoms with Crippen molar-refractivity contribution in [2.45, 2.75) is 45.5 Å². The summed E-state index contributed by atoms with van der Waals surface area (Å²) in [6.07, 6.45) is 5.29. The highest BCUT2D eigenvalue weighted by Crippen LogP contribution is 2.23. The van der Waals surface area contributed by atoms with Gasteiger partial charge in [0.25, 0.3) is 0 Å². The van der Waals surface area contributed by atoms with E-state index < -0.39 is 8.07 Å². The molecule has 1 unspecified atom stereocenters. The number of ether oxygens (including phenoxy) is 1. The Morgan fingerprint density at radius 3 is 2.16 bits per heavy atom. The van der Waals surface area contributed by atoms with E-state index in [0.29, 0.717) is 0 Å². The van der Waals surface area contributed by atoms with Gasteiger partial charge in [-0.15, -0.1) is 6.42 Å². The fraction of sp³-hybridized carbons (Fsp3) is 0.438. The van der Waals surface area contributed by atoms with Crippen LogP contribution in [0.25, 0.3) is 0 Å². The van der Waals surface area contributed by atoms with Crippen molar-refractivity contribution in [3.63, 3.8) is 0 Å². The lowest BCUT2D eigenvalue weighted by Gasteiger charge is -2.29. The van der Waals surface area contributed by atoms with E-state index >= 15 is 0 Å². The van der Waals surface area contributed by atoms with Gasteiger partial charge < -0.3 is 4.74 Å². The first-order valence-electron chi connectivity index (χ1n) is 6.56. The molecule has 0 bridgehead atoms. The molecule has 19 heavy (non-hydrogen) atoms. The summed E-state index contributed by atoms with van der Waals surface area (Å²) in [5.41, 5.74) is 0.789. The smallest absolute Gasteiger partial charge is 0.306 e. The van der Waals surface area contributed by atoms with E-state index in [2.05, 4.69) is 19.0 Å². The lowest BCUT2D eigenvalue weighted by molar-refractivity contribution is -0.147. The Labute approximate surface area is 117 Å². The van der Waals surface area contributed by atoms with E-state index in [4.69, 9.17) is 11.2 Å². The summed E-state index contributed by atoms with van der Waals surface area (Å²) in [7, 11) is -1.89. The molecular formula is C16H22O2Si. The summed E-state index contributed by atoms with van der Waals surface area (Å²) in [6, 6.07) is 7.95. The molecule has 0 aliphatic heterocycles. The molecule has 1 rings (SSSR count). The molecule has 1 aromatic rings. The van der Waals surface area contributed by atoms with E-state index in [1.54, 1.807) is 0 Å². The van der Waals surface area contributed by atoms with Gasteiger partial charge in [-0.05, 0) is 26.0 Å². The van der Waals surface area contributed by atoms with Crippen molar-refractivity contribution in [3.05, 3.63) is 29.8 Å². The minimum Gasteiger partial charge on any atom is -0.463 e. The zero-order valence-electron chi connectivity index (χ0n) is 12.4. The number of hydrogen-bond acceptors (Lipinski definition) is 2. The van der Waals surface area contributed by atoms with Crippen molar-refractivity contribution in [2.75, 3.05) is 0 Å². The van der Waals surface area contributed by atoms with Gasteiger partial charge in [0.05, 0.1) is 19.7 Å². The van der Waals surface area contributed by atoms with Crippen LogP contribution in [0.4, 0.5) is 0 Å². The van der Waals surface area contributed by atoms with Gasteiger partial charge in [-0.3, -0.25) is 4.79 Å². The molecule has 0 saturated heterocycles. The van der Waals surface area contributed by atoms with Crippen LogP contribution in [0.3, 0.4) is 0 Å². The van der Waals surface area contributed by atoms with Gasteiger partial charge in [-0.25, -0.2) is 0 Å². The summed E-state index contributed by atoms with van der Waals surface area (Å²) < 4.78 is 5.33. The van der Waals surface area contributed by atoms with Gasteiger partial charge in [0.1, 0.15) is 0 Å². The van der Waals surface area contributed by atoms with Crippen LogP contribution in [0.5, 0.6) is 0 Å². The van der Waals surface area contributed by atoms with Crippen LogP contribution >= 0.6 is 0 Å². The molecule has 0 heterocycles. The van der Waals surface area contributed by atoms with Gasteiger partial charge >= 0.3 is 5.97 Å². The third kappa shape index (κ3) is 3.71. The highest BCUT2D eigenvalue weighted by Gasteiger charge is 2.36. The molecule has 0 fully saturated rings. The first kappa shape index (κ1) is 15.5. The Morgan fingerprint density at radius 1 is 1.21 bits per heavy atom. The van der Waals surface area contributed by atoms with Crippen LogP contribution in [0.1, 0.15) is 26.3 Å². The molecule has 0 N–H and O–H groups in total. The Kier molecular flexibility index (Phi) is 4.96. The predicted octanol–water partition coefficient (Wildman–Crippen LogP) is 2.93. The summed E-state index contributed by atoms with van der Waals surface area (Å²) >= 11 is 0. The van der Waals surface area contributed by atoms with Crippen molar-refractivity contribution in [1.29, 1.82) is 0 Å². The number of esters is 1. The van der Waals surface area contributed by atoms with Gasteiger partial charge in [0.2, 0.25) is 0 Å². The molecule has 3 heteroatoms. The van der Waals surface area contributed by atoms with Crippen LogP contribution in [0, 0.1) is 12.3 Å². The first-order chi connectivity index (χ1) is 8.78. The third-order valence-electron chi connectivity index (χ3n) is 3.58. The van der Waals surface area contributed by atoms with E-state index in [9.17, 15) is 4.79 Å². The third-order valence-corrected chi connectivity index (χ3v) is 7.81. The molecule has 102 valence electrons. The first-order valence-corrected chi connectivity index (χ1v) is 9.64. The van der Waals surface area contributed by atoms with Crippen molar-refractivity contribution in [2.24, 2.45) is 0 Å². The zero-order valence-corrected chi connectivity index (χ0v) is 13.4. The molecule has 0 aliphatic carbocycles. The summed E-state index contributed by atoms with van der Waals surface area (Å²) in [5.74, 6) is 2.50. The Balaban J connectivity index is 2.95. The molecule has 0 radical (unpaired) electrons. The van der Waals surface area contributed by atoms with E-state index in [0.717, 1.165) is 5.56 Å². The molecular weight excluding hydrogens is 252 g/mol. The highest BCUT2D eigenvalue weighted by atomic mass is 28.3. The van der Waals surface area contributed by atoms with Crippen LogP contribution in [0.2, 0.25) is 18.6 Å². The second-order valence-corrected chi connectivity index (χ2v) is 10.5. The largest absolute Gasteiger partial charge is 0.463 e. The molecule has 0 saturated carbocycles.